The van der Waals surface area contributed by atoms with E-state index in [9.17, 15) is 28.5 Å². The minimum Gasteiger partial charge on any atom is -0.508 e. The fraction of sp³-hybridized carbons (Fsp3) is 0.321. The molecule has 37 heavy (non-hydrogen) atoms. The summed E-state index contributed by atoms with van der Waals surface area (Å²) in [5.74, 6) is -0.457. The van der Waals surface area contributed by atoms with E-state index in [-0.39, 0.29) is 42.3 Å². The first-order chi connectivity index (χ1) is 17.6. The molecule has 3 rings (SSSR count). The summed E-state index contributed by atoms with van der Waals surface area (Å²) in [6.45, 7) is 2.95. The number of carbonyl (C=O) groups excluding carboxylic acids is 1. The van der Waals surface area contributed by atoms with Gasteiger partial charge in [0, 0.05) is 24.2 Å². The van der Waals surface area contributed by atoms with Crippen molar-refractivity contribution in [3.63, 3.8) is 0 Å². The number of aliphatic hydroxyl groups excluding tert-OH is 2. The number of benzene rings is 3. The Bertz CT molecular complexity index is 1280. The predicted molar refractivity (Wildman–Crippen MR) is 142 cm³/mol. The Balaban J connectivity index is 1.79. The molecule has 0 aromatic heterocycles. The minimum atomic E-state index is -3.89. The normalized spacial score (nSPS) is 13.3. The first-order valence-electron chi connectivity index (χ1n) is 12.1. The maximum absolute atomic E-state index is 13.2. The summed E-state index contributed by atoms with van der Waals surface area (Å²) in [5.41, 5.74) is 2.52. The molecule has 198 valence electrons. The van der Waals surface area contributed by atoms with E-state index < -0.39 is 28.1 Å². The average Bonchev–Trinajstić information content (AvgIpc) is 2.88. The van der Waals surface area contributed by atoms with Crippen molar-refractivity contribution in [2.75, 3.05) is 19.7 Å². The average molecular weight is 527 g/mol. The number of aliphatic hydroxyl groups is 2. The van der Waals surface area contributed by atoms with Crippen molar-refractivity contribution in [1.82, 2.24) is 9.62 Å². The Morgan fingerprint density at radius 3 is 2.27 bits per heavy atom. The van der Waals surface area contributed by atoms with Gasteiger partial charge in [0.15, 0.2) is 0 Å². The van der Waals surface area contributed by atoms with Gasteiger partial charge in [0.2, 0.25) is 10.0 Å². The van der Waals surface area contributed by atoms with Crippen LogP contribution in [0.5, 0.6) is 5.75 Å². The van der Waals surface area contributed by atoms with Crippen LogP contribution in [0, 0.1) is 13.8 Å². The van der Waals surface area contributed by atoms with Crippen LogP contribution in [0.15, 0.2) is 77.7 Å². The molecule has 0 radical (unpaired) electrons. The van der Waals surface area contributed by atoms with E-state index in [1.165, 1.54) is 18.2 Å². The number of amides is 1. The van der Waals surface area contributed by atoms with Gasteiger partial charge in [0.25, 0.3) is 5.91 Å². The van der Waals surface area contributed by atoms with Crippen molar-refractivity contribution in [3.8, 4) is 5.75 Å². The topological polar surface area (TPSA) is 127 Å². The lowest BCUT2D eigenvalue weighted by Gasteiger charge is -2.28. The van der Waals surface area contributed by atoms with E-state index in [1.807, 2.05) is 37.3 Å². The summed E-state index contributed by atoms with van der Waals surface area (Å²) < 4.78 is 27.5. The van der Waals surface area contributed by atoms with Crippen LogP contribution in [0.4, 0.5) is 0 Å². The van der Waals surface area contributed by atoms with E-state index in [1.54, 1.807) is 31.2 Å². The second kappa shape index (κ2) is 12.8. The van der Waals surface area contributed by atoms with E-state index in [2.05, 4.69) is 5.32 Å². The molecular weight excluding hydrogens is 492 g/mol. The maximum atomic E-state index is 13.2. The summed E-state index contributed by atoms with van der Waals surface area (Å²) >= 11 is 0. The largest absolute Gasteiger partial charge is 0.508 e. The maximum Gasteiger partial charge on any atom is 0.252 e. The van der Waals surface area contributed by atoms with E-state index >= 15 is 0 Å². The highest BCUT2D eigenvalue weighted by atomic mass is 32.2. The molecule has 0 fully saturated rings. The van der Waals surface area contributed by atoms with Crippen molar-refractivity contribution >= 4 is 15.9 Å². The van der Waals surface area contributed by atoms with E-state index in [0.29, 0.717) is 12.0 Å². The summed E-state index contributed by atoms with van der Waals surface area (Å²) in [6.07, 6.45) is -0.741. The fourth-order valence-electron chi connectivity index (χ4n) is 4.07. The van der Waals surface area contributed by atoms with Crippen molar-refractivity contribution in [2.24, 2.45) is 0 Å². The first kappa shape index (κ1) is 28.3. The van der Waals surface area contributed by atoms with Crippen LogP contribution in [-0.4, -0.2) is 65.8 Å². The molecule has 0 aliphatic carbocycles. The molecule has 4 N–H and O–H groups in total. The van der Waals surface area contributed by atoms with Gasteiger partial charge in [-0.05, 0) is 56.5 Å². The number of aromatic hydroxyl groups is 1. The second-order valence-corrected chi connectivity index (χ2v) is 11.0. The van der Waals surface area contributed by atoms with Crippen LogP contribution in [0.1, 0.15) is 33.5 Å². The molecule has 3 aromatic rings. The van der Waals surface area contributed by atoms with Gasteiger partial charge >= 0.3 is 0 Å². The minimum absolute atomic E-state index is 0.00577. The number of rotatable bonds is 12. The van der Waals surface area contributed by atoms with Crippen LogP contribution in [0.3, 0.4) is 0 Å². The number of phenolic OH excluding ortho intramolecular Hbond substituents is 1. The lowest BCUT2D eigenvalue weighted by molar-refractivity contribution is 0.0796. The summed E-state index contributed by atoms with van der Waals surface area (Å²) in [6, 6.07) is 19.7. The zero-order valence-electron chi connectivity index (χ0n) is 21.0. The van der Waals surface area contributed by atoms with Gasteiger partial charge in [-0.1, -0.05) is 54.1 Å². The van der Waals surface area contributed by atoms with Crippen LogP contribution >= 0.6 is 0 Å². The van der Waals surface area contributed by atoms with Gasteiger partial charge in [0.1, 0.15) is 5.75 Å². The van der Waals surface area contributed by atoms with Crippen LogP contribution < -0.4 is 5.32 Å². The molecule has 0 saturated heterocycles. The zero-order valence-corrected chi connectivity index (χ0v) is 21.9. The van der Waals surface area contributed by atoms with Crippen molar-refractivity contribution in [1.29, 1.82) is 0 Å². The molecule has 0 heterocycles. The van der Waals surface area contributed by atoms with Gasteiger partial charge < -0.3 is 20.6 Å². The van der Waals surface area contributed by atoms with Gasteiger partial charge in [0.05, 0.1) is 23.6 Å². The lowest BCUT2D eigenvalue weighted by Crippen LogP contribution is -2.46. The molecule has 3 aromatic carbocycles. The second-order valence-electron chi connectivity index (χ2n) is 9.02. The third-order valence-electron chi connectivity index (χ3n) is 6.31. The van der Waals surface area contributed by atoms with Crippen molar-refractivity contribution in [3.05, 3.63) is 95.1 Å². The van der Waals surface area contributed by atoms with E-state index in [4.69, 9.17) is 0 Å². The van der Waals surface area contributed by atoms with Gasteiger partial charge in [-0.15, -0.1) is 0 Å². The molecule has 8 nitrogen and oxygen atoms in total. The summed E-state index contributed by atoms with van der Waals surface area (Å²) in [4.78, 5) is 13.2. The monoisotopic (exact) mass is 526 g/mol. The molecule has 0 unspecified atom stereocenters. The van der Waals surface area contributed by atoms with Crippen LogP contribution in [-0.2, 0) is 16.4 Å². The highest BCUT2D eigenvalue weighted by Crippen LogP contribution is 2.21. The van der Waals surface area contributed by atoms with Crippen LogP contribution in [0.25, 0.3) is 0 Å². The van der Waals surface area contributed by atoms with Crippen molar-refractivity contribution < 1.29 is 28.5 Å². The Hall–Kier alpha value is -3.24. The number of sulfonamides is 1. The predicted octanol–water partition coefficient (Wildman–Crippen LogP) is 2.78. The van der Waals surface area contributed by atoms with E-state index in [0.717, 1.165) is 15.4 Å². The standard InChI is InChI=1S/C28H34N2O6S/c1-20-11-13-23(14-12-20)37(35,36)30(17-18-31)16-15-27(33)25(19-22-7-4-3-5-8-22)29-28(34)24-9-6-10-26(32)21(24)2/h3-14,25,27,31-33H,15-19H2,1-2H3,(H,29,34)/t25-,27+/m0/s1. The molecule has 0 aliphatic rings. The number of hydrogen-bond acceptors (Lipinski definition) is 6. The lowest BCUT2D eigenvalue weighted by atomic mass is 9.98. The highest BCUT2D eigenvalue weighted by molar-refractivity contribution is 7.89. The fourth-order valence-corrected chi connectivity index (χ4v) is 5.51. The zero-order chi connectivity index (χ0) is 27.0. The molecule has 0 saturated carbocycles. The molecule has 0 spiro atoms. The number of nitrogens with one attached hydrogen (secondary N) is 1. The smallest absolute Gasteiger partial charge is 0.252 e. The Kier molecular flexibility index (Phi) is 9.82. The Labute approximate surface area is 218 Å². The third kappa shape index (κ3) is 7.39. The SMILES string of the molecule is Cc1ccc(S(=O)(=O)N(CCO)CC[C@@H](O)[C@H](Cc2ccccc2)NC(=O)c2cccc(O)c2C)cc1. The summed E-state index contributed by atoms with van der Waals surface area (Å²) in [7, 11) is -3.89. The van der Waals surface area contributed by atoms with Crippen LogP contribution in [0.2, 0.25) is 0 Å². The van der Waals surface area contributed by atoms with Gasteiger partial charge in [-0.2, -0.15) is 4.31 Å². The first-order valence-corrected chi connectivity index (χ1v) is 13.6. The molecular formula is C28H34N2O6S. The molecule has 0 bridgehead atoms. The number of phenols is 1. The Morgan fingerprint density at radius 1 is 0.946 bits per heavy atom. The number of aryl methyl sites for hydroxylation is 1. The summed E-state index contributed by atoms with van der Waals surface area (Å²) in [5, 5.41) is 33.5. The van der Waals surface area contributed by atoms with Crippen molar-refractivity contribution in [2.45, 2.75) is 43.7 Å². The number of carbonyl (C=O) groups is 1. The highest BCUT2D eigenvalue weighted by Gasteiger charge is 2.28. The molecule has 0 aliphatic heterocycles. The van der Waals surface area contributed by atoms with Gasteiger partial charge in [-0.3, -0.25) is 4.79 Å². The molecule has 1 amide bonds. The van der Waals surface area contributed by atoms with Gasteiger partial charge in [-0.25, -0.2) is 8.42 Å². The number of hydrogen-bond donors (Lipinski definition) is 4. The number of nitrogens with zero attached hydrogens (tertiary/aromatic N) is 1. The molecule has 2 atom stereocenters. The third-order valence-corrected chi connectivity index (χ3v) is 8.22. The quantitative estimate of drug-likeness (QED) is 0.287. The molecule has 9 heteroatoms. The Morgan fingerprint density at radius 2 is 1.62 bits per heavy atom.